The maximum absolute atomic E-state index is 5.55. The molecule has 0 spiro atoms. The van der Waals surface area contributed by atoms with Crippen molar-refractivity contribution in [2.45, 2.75) is 17.2 Å². The molecule has 0 fully saturated rings. The van der Waals surface area contributed by atoms with Crippen molar-refractivity contribution in [3.63, 3.8) is 0 Å². The first-order valence-electron chi connectivity index (χ1n) is 4.32. The van der Waals surface area contributed by atoms with Crippen molar-refractivity contribution in [3.05, 3.63) is 12.7 Å². The van der Waals surface area contributed by atoms with E-state index >= 15 is 0 Å². The normalized spacial score (nSPS) is 13.3. The second kappa shape index (κ2) is 3.93. The molecule has 0 radical (unpaired) electrons. The standard InChI is InChI=1S/C8H11N5S/c1-5(2-9)14-8-6-7(11-3-10-6)12-4-13-8/h3-5H,2,9H2,1H3,(H,10,11,12,13). The number of nitrogens with one attached hydrogen (secondary N) is 1. The summed E-state index contributed by atoms with van der Waals surface area (Å²) in [5.41, 5.74) is 7.14. The lowest BCUT2D eigenvalue weighted by Crippen LogP contribution is -2.12. The Labute approximate surface area is 85.5 Å². The van der Waals surface area contributed by atoms with Crippen LogP contribution in [0, 0.1) is 0 Å². The SMILES string of the molecule is CC(CN)Sc1ncnc2nc[nH]c12. The van der Waals surface area contributed by atoms with E-state index in [0.717, 1.165) is 10.5 Å². The van der Waals surface area contributed by atoms with Gasteiger partial charge >= 0.3 is 0 Å². The van der Waals surface area contributed by atoms with Gasteiger partial charge in [-0.3, -0.25) is 0 Å². The molecule has 0 aliphatic rings. The number of aromatic amines is 1. The number of nitrogens with zero attached hydrogens (tertiary/aromatic N) is 3. The number of imidazole rings is 1. The number of aromatic nitrogens is 4. The molecule has 6 heteroatoms. The average molecular weight is 209 g/mol. The summed E-state index contributed by atoms with van der Waals surface area (Å²) in [5.74, 6) is 0. The van der Waals surface area contributed by atoms with Crippen LogP contribution in [0.3, 0.4) is 0 Å². The Kier molecular flexibility index (Phi) is 2.64. The van der Waals surface area contributed by atoms with Crippen LogP contribution in [-0.4, -0.2) is 31.7 Å². The van der Waals surface area contributed by atoms with E-state index in [9.17, 15) is 0 Å². The third kappa shape index (κ3) is 1.71. The fraction of sp³-hybridized carbons (Fsp3) is 0.375. The fourth-order valence-corrected chi connectivity index (χ4v) is 1.92. The molecule has 0 amide bonds. The zero-order valence-corrected chi connectivity index (χ0v) is 8.58. The van der Waals surface area contributed by atoms with Gasteiger partial charge in [-0.25, -0.2) is 15.0 Å². The minimum Gasteiger partial charge on any atom is -0.341 e. The van der Waals surface area contributed by atoms with Crippen LogP contribution < -0.4 is 5.73 Å². The summed E-state index contributed by atoms with van der Waals surface area (Å²) in [6.07, 6.45) is 3.14. The van der Waals surface area contributed by atoms with E-state index in [1.165, 1.54) is 6.33 Å². The number of nitrogens with two attached hydrogens (primary N) is 1. The van der Waals surface area contributed by atoms with Crippen molar-refractivity contribution < 1.29 is 0 Å². The average Bonchev–Trinajstić information content (AvgIpc) is 2.66. The van der Waals surface area contributed by atoms with Crippen LogP contribution in [0.15, 0.2) is 17.7 Å². The van der Waals surface area contributed by atoms with Gasteiger partial charge in [-0.15, -0.1) is 0 Å². The first-order valence-corrected chi connectivity index (χ1v) is 5.20. The van der Waals surface area contributed by atoms with Gasteiger partial charge in [0, 0.05) is 11.8 Å². The molecular formula is C8H11N5S. The molecule has 2 aromatic rings. The fourth-order valence-electron chi connectivity index (χ4n) is 1.07. The summed E-state index contributed by atoms with van der Waals surface area (Å²) in [7, 11) is 0. The van der Waals surface area contributed by atoms with Crippen molar-refractivity contribution in [2.24, 2.45) is 5.73 Å². The predicted molar refractivity (Wildman–Crippen MR) is 56.1 cm³/mol. The molecule has 14 heavy (non-hydrogen) atoms. The molecule has 0 aromatic carbocycles. The molecule has 3 N–H and O–H groups in total. The highest BCUT2D eigenvalue weighted by molar-refractivity contribution is 8.00. The summed E-state index contributed by atoms with van der Waals surface area (Å²) in [5, 5.41) is 1.25. The number of H-pyrrole nitrogens is 1. The number of rotatable bonds is 3. The number of fused-ring (bicyclic) bond motifs is 1. The molecule has 2 aromatic heterocycles. The third-order valence-corrected chi connectivity index (χ3v) is 2.96. The molecule has 0 aliphatic heterocycles. The second-order valence-corrected chi connectivity index (χ2v) is 4.37. The Morgan fingerprint density at radius 2 is 2.36 bits per heavy atom. The van der Waals surface area contributed by atoms with Gasteiger partial charge in [-0.1, -0.05) is 18.7 Å². The van der Waals surface area contributed by atoms with Crippen molar-refractivity contribution >= 4 is 22.9 Å². The van der Waals surface area contributed by atoms with Crippen molar-refractivity contribution in [2.75, 3.05) is 6.54 Å². The molecular weight excluding hydrogens is 198 g/mol. The topological polar surface area (TPSA) is 80.5 Å². The number of hydrogen-bond donors (Lipinski definition) is 2. The summed E-state index contributed by atoms with van der Waals surface area (Å²) < 4.78 is 0. The van der Waals surface area contributed by atoms with Gasteiger partial charge < -0.3 is 10.7 Å². The largest absolute Gasteiger partial charge is 0.341 e. The second-order valence-electron chi connectivity index (χ2n) is 2.94. The molecule has 1 unspecified atom stereocenters. The first-order chi connectivity index (χ1) is 6.81. The maximum Gasteiger partial charge on any atom is 0.181 e. The summed E-state index contributed by atoms with van der Waals surface area (Å²) in [6.45, 7) is 2.69. The smallest absolute Gasteiger partial charge is 0.181 e. The zero-order valence-electron chi connectivity index (χ0n) is 7.77. The lowest BCUT2D eigenvalue weighted by molar-refractivity contribution is 0.944. The zero-order chi connectivity index (χ0) is 9.97. The number of thioether (sulfide) groups is 1. The Hall–Kier alpha value is -1.14. The van der Waals surface area contributed by atoms with Gasteiger partial charge in [0.1, 0.15) is 16.9 Å². The lowest BCUT2D eigenvalue weighted by Gasteiger charge is -2.06. The third-order valence-electron chi connectivity index (χ3n) is 1.83. The molecule has 1 atom stereocenters. The Morgan fingerprint density at radius 1 is 1.50 bits per heavy atom. The Morgan fingerprint density at radius 3 is 3.14 bits per heavy atom. The lowest BCUT2D eigenvalue weighted by atomic mass is 10.5. The van der Waals surface area contributed by atoms with Gasteiger partial charge in [-0.2, -0.15) is 0 Å². The van der Waals surface area contributed by atoms with E-state index < -0.39 is 0 Å². The highest BCUT2D eigenvalue weighted by Gasteiger charge is 2.09. The van der Waals surface area contributed by atoms with Crippen LogP contribution in [0.4, 0.5) is 0 Å². The molecule has 0 saturated heterocycles. The molecule has 2 rings (SSSR count). The molecule has 0 bridgehead atoms. The molecule has 0 saturated carbocycles. The maximum atomic E-state index is 5.55. The molecule has 74 valence electrons. The number of hydrogen-bond acceptors (Lipinski definition) is 5. The summed E-state index contributed by atoms with van der Waals surface area (Å²) >= 11 is 1.63. The highest BCUT2D eigenvalue weighted by atomic mass is 32.2. The highest BCUT2D eigenvalue weighted by Crippen LogP contribution is 2.24. The van der Waals surface area contributed by atoms with E-state index in [1.807, 2.05) is 0 Å². The van der Waals surface area contributed by atoms with Gasteiger partial charge in [0.15, 0.2) is 5.65 Å². The van der Waals surface area contributed by atoms with E-state index in [0.29, 0.717) is 17.4 Å². The van der Waals surface area contributed by atoms with Gasteiger partial charge in [0.2, 0.25) is 0 Å². The minimum atomic E-state index is 0.344. The molecule has 5 nitrogen and oxygen atoms in total. The van der Waals surface area contributed by atoms with Gasteiger partial charge in [-0.05, 0) is 0 Å². The van der Waals surface area contributed by atoms with Crippen LogP contribution in [0.5, 0.6) is 0 Å². The molecule has 0 aliphatic carbocycles. The predicted octanol–water partition coefficient (Wildman–Crippen LogP) is 0.792. The Bertz CT molecular complexity index is 426. The van der Waals surface area contributed by atoms with Gasteiger partial charge in [0.05, 0.1) is 6.33 Å². The van der Waals surface area contributed by atoms with Crippen LogP contribution >= 0.6 is 11.8 Å². The van der Waals surface area contributed by atoms with E-state index in [2.05, 4.69) is 26.9 Å². The minimum absolute atomic E-state index is 0.344. The van der Waals surface area contributed by atoms with E-state index in [4.69, 9.17) is 5.73 Å². The van der Waals surface area contributed by atoms with Crippen molar-refractivity contribution in [1.82, 2.24) is 19.9 Å². The summed E-state index contributed by atoms with van der Waals surface area (Å²) in [4.78, 5) is 15.3. The van der Waals surface area contributed by atoms with Crippen LogP contribution in [0.25, 0.3) is 11.2 Å². The quantitative estimate of drug-likeness (QED) is 0.577. The Balaban J connectivity index is 2.36. The van der Waals surface area contributed by atoms with Crippen molar-refractivity contribution in [1.29, 1.82) is 0 Å². The first kappa shape index (κ1) is 9.42. The van der Waals surface area contributed by atoms with E-state index in [-0.39, 0.29) is 0 Å². The van der Waals surface area contributed by atoms with Gasteiger partial charge in [0.25, 0.3) is 0 Å². The van der Waals surface area contributed by atoms with E-state index in [1.54, 1.807) is 18.1 Å². The van der Waals surface area contributed by atoms with Crippen LogP contribution in [0.1, 0.15) is 6.92 Å². The van der Waals surface area contributed by atoms with Crippen LogP contribution in [0.2, 0.25) is 0 Å². The monoisotopic (exact) mass is 209 g/mol. The molecule has 2 heterocycles. The summed E-state index contributed by atoms with van der Waals surface area (Å²) in [6, 6.07) is 0. The van der Waals surface area contributed by atoms with Crippen LogP contribution in [-0.2, 0) is 0 Å². The van der Waals surface area contributed by atoms with Crippen molar-refractivity contribution in [3.8, 4) is 0 Å².